The Morgan fingerprint density at radius 1 is 1.14 bits per heavy atom. The van der Waals surface area contributed by atoms with Crippen LogP contribution in [0.1, 0.15) is 26.7 Å². The monoisotopic (exact) mass is 197 g/mol. The summed E-state index contributed by atoms with van der Waals surface area (Å²) in [7, 11) is 0. The van der Waals surface area contributed by atoms with Gasteiger partial charge < -0.3 is 5.32 Å². The third kappa shape index (κ3) is 2.27. The van der Waals surface area contributed by atoms with E-state index in [4.69, 9.17) is 0 Å². The lowest BCUT2D eigenvalue weighted by Gasteiger charge is -2.39. The van der Waals surface area contributed by atoms with E-state index in [1.165, 1.54) is 45.6 Å². The zero-order valence-corrected chi connectivity index (χ0v) is 9.50. The van der Waals surface area contributed by atoms with Gasteiger partial charge in [-0.15, -0.1) is 0 Å². The first kappa shape index (κ1) is 10.4. The van der Waals surface area contributed by atoms with Crippen molar-refractivity contribution in [3.05, 3.63) is 0 Å². The van der Waals surface area contributed by atoms with Crippen LogP contribution >= 0.6 is 0 Å². The Balaban J connectivity index is 1.77. The zero-order valence-electron chi connectivity index (χ0n) is 9.50. The van der Waals surface area contributed by atoms with Gasteiger partial charge in [0.15, 0.2) is 0 Å². The normalized spacial score (nSPS) is 31.5. The number of nitrogens with one attached hydrogen (secondary N) is 1. The van der Waals surface area contributed by atoms with E-state index in [0.717, 1.165) is 0 Å². The minimum Gasteiger partial charge on any atom is -0.302 e. The van der Waals surface area contributed by atoms with Crippen molar-refractivity contribution < 1.29 is 0 Å². The van der Waals surface area contributed by atoms with Crippen molar-refractivity contribution in [2.24, 2.45) is 0 Å². The minimum atomic E-state index is 0.685. The molecule has 0 aromatic carbocycles. The number of hydrogen-bond donors (Lipinski definition) is 1. The summed E-state index contributed by atoms with van der Waals surface area (Å²) in [6.45, 7) is 10.8. The molecule has 3 heteroatoms. The number of hydrogen-bond acceptors (Lipinski definition) is 3. The van der Waals surface area contributed by atoms with Crippen molar-refractivity contribution in [3.63, 3.8) is 0 Å². The Morgan fingerprint density at radius 2 is 1.86 bits per heavy atom. The van der Waals surface area contributed by atoms with E-state index in [0.29, 0.717) is 12.2 Å². The molecule has 82 valence electrons. The highest BCUT2D eigenvalue weighted by molar-refractivity contribution is 4.81. The molecule has 0 amide bonds. The smallest absolute Gasteiger partial charge is 0.0598 e. The number of piperazine rings is 1. The van der Waals surface area contributed by atoms with Crippen LogP contribution in [0, 0.1) is 0 Å². The van der Waals surface area contributed by atoms with Crippen molar-refractivity contribution in [3.8, 4) is 0 Å². The molecule has 2 heterocycles. The average molecular weight is 197 g/mol. The molecule has 0 spiro atoms. The Labute approximate surface area is 87.4 Å². The molecule has 14 heavy (non-hydrogen) atoms. The van der Waals surface area contributed by atoms with Crippen molar-refractivity contribution in [1.29, 1.82) is 0 Å². The van der Waals surface area contributed by atoms with Gasteiger partial charge in [0.1, 0.15) is 0 Å². The van der Waals surface area contributed by atoms with Crippen LogP contribution in [0.4, 0.5) is 0 Å². The second-order valence-corrected chi connectivity index (χ2v) is 4.78. The minimum absolute atomic E-state index is 0.685. The van der Waals surface area contributed by atoms with Crippen LogP contribution in [0.5, 0.6) is 0 Å². The number of rotatable bonds is 2. The van der Waals surface area contributed by atoms with Crippen molar-refractivity contribution in [2.45, 2.75) is 38.9 Å². The lowest BCUT2D eigenvalue weighted by Crippen LogP contribution is -2.54. The highest BCUT2D eigenvalue weighted by atomic mass is 15.3. The lowest BCUT2D eigenvalue weighted by molar-refractivity contribution is 0.0729. The highest BCUT2D eigenvalue weighted by Gasteiger charge is 2.26. The first-order valence-electron chi connectivity index (χ1n) is 5.99. The maximum absolute atomic E-state index is 3.58. The standard InChI is InChI=1S/C11H23N3/c1-10(2)13-6-8-14(9-7-13)11-4-3-5-12-11/h10-12H,3-9H2,1-2H3. The molecule has 2 aliphatic rings. The molecule has 3 nitrogen and oxygen atoms in total. The number of nitrogens with zero attached hydrogens (tertiary/aromatic N) is 2. The third-order valence-electron chi connectivity index (χ3n) is 3.55. The third-order valence-corrected chi connectivity index (χ3v) is 3.55. The molecule has 1 atom stereocenters. The summed E-state index contributed by atoms with van der Waals surface area (Å²) in [6.07, 6.45) is 3.39. The van der Waals surface area contributed by atoms with Crippen molar-refractivity contribution in [1.82, 2.24) is 15.1 Å². The largest absolute Gasteiger partial charge is 0.302 e. The van der Waals surface area contributed by atoms with Crippen LogP contribution in [-0.2, 0) is 0 Å². The predicted octanol–water partition coefficient (Wildman–Crippen LogP) is 0.722. The molecular weight excluding hydrogens is 174 g/mol. The summed E-state index contributed by atoms with van der Waals surface area (Å²) in [5, 5.41) is 3.58. The maximum Gasteiger partial charge on any atom is 0.0598 e. The summed E-state index contributed by atoms with van der Waals surface area (Å²) in [4.78, 5) is 5.19. The summed E-state index contributed by atoms with van der Waals surface area (Å²) in [5.74, 6) is 0. The van der Waals surface area contributed by atoms with Gasteiger partial charge in [0.25, 0.3) is 0 Å². The molecule has 2 aliphatic heterocycles. The van der Waals surface area contributed by atoms with Crippen LogP contribution < -0.4 is 5.32 Å². The molecule has 0 radical (unpaired) electrons. The highest BCUT2D eigenvalue weighted by Crippen LogP contribution is 2.14. The lowest BCUT2D eigenvalue weighted by atomic mass is 10.2. The summed E-state index contributed by atoms with van der Waals surface area (Å²) < 4.78 is 0. The Hall–Kier alpha value is -0.120. The molecular formula is C11H23N3. The summed E-state index contributed by atoms with van der Waals surface area (Å²) in [6, 6.07) is 0.716. The average Bonchev–Trinajstić information content (AvgIpc) is 2.71. The van der Waals surface area contributed by atoms with E-state index in [1.54, 1.807) is 0 Å². The van der Waals surface area contributed by atoms with E-state index in [9.17, 15) is 0 Å². The molecule has 2 fully saturated rings. The van der Waals surface area contributed by atoms with Crippen molar-refractivity contribution >= 4 is 0 Å². The SMILES string of the molecule is CC(C)N1CCN(C2CCCN2)CC1. The van der Waals surface area contributed by atoms with Gasteiger partial charge in [0.2, 0.25) is 0 Å². The molecule has 0 aliphatic carbocycles. The van der Waals surface area contributed by atoms with E-state index >= 15 is 0 Å². The van der Waals surface area contributed by atoms with Gasteiger partial charge in [-0.3, -0.25) is 9.80 Å². The predicted molar refractivity (Wildman–Crippen MR) is 59.3 cm³/mol. The maximum atomic E-state index is 3.58. The zero-order chi connectivity index (χ0) is 9.97. The molecule has 2 saturated heterocycles. The Bertz CT molecular complexity index is 167. The second kappa shape index (κ2) is 4.60. The first-order valence-corrected chi connectivity index (χ1v) is 5.99. The molecule has 1 unspecified atom stereocenters. The van der Waals surface area contributed by atoms with Gasteiger partial charge in [-0.05, 0) is 33.2 Å². The topological polar surface area (TPSA) is 18.5 Å². The first-order chi connectivity index (χ1) is 6.77. The van der Waals surface area contributed by atoms with Crippen LogP contribution in [0.3, 0.4) is 0 Å². The Kier molecular flexibility index (Phi) is 3.42. The fraction of sp³-hybridized carbons (Fsp3) is 1.00. The van der Waals surface area contributed by atoms with Crippen LogP contribution in [-0.4, -0.2) is 54.7 Å². The van der Waals surface area contributed by atoms with Gasteiger partial charge in [-0.1, -0.05) is 0 Å². The molecule has 0 saturated carbocycles. The van der Waals surface area contributed by atoms with E-state index in [1.807, 2.05) is 0 Å². The summed E-state index contributed by atoms with van der Waals surface area (Å²) in [5.41, 5.74) is 0. The van der Waals surface area contributed by atoms with Gasteiger partial charge in [0, 0.05) is 32.2 Å². The fourth-order valence-electron chi connectivity index (χ4n) is 2.54. The molecule has 0 aromatic rings. The van der Waals surface area contributed by atoms with Crippen LogP contribution in [0.15, 0.2) is 0 Å². The van der Waals surface area contributed by atoms with E-state index in [-0.39, 0.29) is 0 Å². The van der Waals surface area contributed by atoms with Gasteiger partial charge in [0.05, 0.1) is 6.17 Å². The van der Waals surface area contributed by atoms with Crippen molar-refractivity contribution in [2.75, 3.05) is 32.7 Å². The molecule has 1 N–H and O–H groups in total. The molecule has 0 bridgehead atoms. The quantitative estimate of drug-likeness (QED) is 0.704. The second-order valence-electron chi connectivity index (χ2n) is 4.78. The molecule has 2 rings (SSSR count). The van der Waals surface area contributed by atoms with E-state index in [2.05, 4.69) is 29.0 Å². The molecule has 0 aromatic heterocycles. The van der Waals surface area contributed by atoms with Crippen LogP contribution in [0.25, 0.3) is 0 Å². The Morgan fingerprint density at radius 3 is 2.36 bits per heavy atom. The van der Waals surface area contributed by atoms with Gasteiger partial charge >= 0.3 is 0 Å². The fourth-order valence-corrected chi connectivity index (χ4v) is 2.54. The van der Waals surface area contributed by atoms with Crippen LogP contribution in [0.2, 0.25) is 0 Å². The van der Waals surface area contributed by atoms with Gasteiger partial charge in [-0.2, -0.15) is 0 Å². The summed E-state index contributed by atoms with van der Waals surface area (Å²) >= 11 is 0. The van der Waals surface area contributed by atoms with Gasteiger partial charge in [-0.25, -0.2) is 0 Å². The van der Waals surface area contributed by atoms with E-state index < -0.39 is 0 Å².